The van der Waals surface area contributed by atoms with Gasteiger partial charge in [-0.3, -0.25) is 4.79 Å². The van der Waals surface area contributed by atoms with Gasteiger partial charge in [0.1, 0.15) is 12.2 Å². The molecule has 1 heterocycles. The maximum atomic E-state index is 12.1. The molecular formula is C17H13NO4. The van der Waals surface area contributed by atoms with Crippen molar-refractivity contribution in [2.75, 3.05) is 11.9 Å². The van der Waals surface area contributed by atoms with E-state index < -0.39 is 18.1 Å². The Morgan fingerprint density at radius 3 is 2.59 bits per heavy atom. The third-order valence-corrected chi connectivity index (χ3v) is 3.25. The summed E-state index contributed by atoms with van der Waals surface area (Å²) in [5.41, 5.74) is 1.67. The number of amides is 1. The fourth-order valence-electron chi connectivity index (χ4n) is 2.21. The average Bonchev–Trinajstić information content (AvgIpc) is 2.55. The lowest BCUT2D eigenvalue weighted by Crippen LogP contribution is -2.15. The summed E-state index contributed by atoms with van der Waals surface area (Å²) in [5, 5.41) is 12.0. The molecule has 5 heteroatoms. The Labute approximate surface area is 125 Å². The Morgan fingerprint density at radius 1 is 1.09 bits per heavy atom. The van der Waals surface area contributed by atoms with Crippen LogP contribution in [-0.2, 0) is 4.79 Å². The molecule has 5 nitrogen and oxygen atoms in total. The van der Waals surface area contributed by atoms with E-state index in [0.29, 0.717) is 16.8 Å². The lowest BCUT2D eigenvalue weighted by atomic mass is 10.1. The first-order valence-corrected chi connectivity index (χ1v) is 6.71. The number of fused-ring (bicyclic) bond motifs is 1. The molecule has 0 aliphatic rings. The maximum Gasteiger partial charge on any atom is 0.344 e. The van der Waals surface area contributed by atoms with E-state index in [9.17, 15) is 9.59 Å². The predicted octanol–water partition coefficient (Wildman–Crippen LogP) is 2.39. The van der Waals surface area contributed by atoms with E-state index in [1.165, 1.54) is 0 Å². The van der Waals surface area contributed by atoms with Gasteiger partial charge in [0.05, 0.1) is 5.56 Å². The first-order chi connectivity index (χ1) is 10.7. The molecule has 0 unspecified atom stereocenters. The zero-order valence-electron chi connectivity index (χ0n) is 11.6. The summed E-state index contributed by atoms with van der Waals surface area (Å²) < 4.78 is 5.33. The molecule has 0 saturated carbocycles. The van der Waals surface area contributed by atoms with Gasteiger partial charge in [0, 0.05) is 17.1 Å². The standard InChI is InChI=1S/C17H13NO4/c19-10-16(20)18-13-7-6-12-8-14(11-4-2-1-3-5-11)17(21)22-15(12)9-13/h1-9,19H,10H2,(H,18,20). The van der Waals surface area contributed by atoms with Crippen LogP contribution in [0.3, 0.4) is 0 Å². The second-order valence-electron chi connectivity index (χ2n) is 4.77. The van der Waals surface area contributed by atoms with Crippen molar-refractivity contribution in [3.8, 4) is 11.1 Å². The summed E-state index contributed by atoms with van der Waals surface area (Å²) in [7, 11) is 0. The van der Waals surface area contributed by atoms with E-state index in [0.717, 1.165) is 10.9 Å². The quantitative estimate of drug-likeness (QED) is 0.727. The molecule has 0 fully saturated rings. The van der Waals surface area contributed by atoms with Crippen molar-refractivity contribution in [3.05, 3.63) is 65.0 Å². The van der Waals surface area contributed by atoms with Crippen molar-refractivity contribution in [1.82, 2.24) is 0 Å². The Bertz CT molecular complexity index is 884. The summed E-state index contributed by atoms with van der Waals surface area (Å²) in [5.74, 6) is -0.525. The van der Waals surface area contributed by atoms with Gasteiger partial charge >= 0.3 is 5.63 Å². The molecule has 1 amide bonds. The molecule has 0 spiro atoms. The molecule has 1 aromatic heterocycles. The SMILES string of the molecule is O=C(CO)Nc1ccc2cc(-c3ccccc3)c(=O)oc2c1. The fourth-order valence-corrected chi connectivity index (χ4v) is 2.21. The molecular weight excluding hydrogens is 282 g/mol. The zero-order chi connectivity index (χ0) is 15.5. The highest BCUT2D eigenvalue weighted by Crippen LogP contribution is 2.23. The van der Waals surface area contributed by atoms with Crippen molar-refractivity contribution in [2.45, 2.75) is 0 Å². The van der Waals surface area contributed by atoms with E-state index in [4.69, 9.17) is 9.52 Å². The van der Waals surface area contributed by atoms with Gasteiger partial charge in [-0.05, 0) is 23.8 Å². The maximum absolute atomic E-state index is 12.1. The van der Waals surface area contributed by atoms with Gasteiger partial charge in [-0.25, -0.2) is 4.79 Å². The number of rotatable bonds is 3. The highest BCUT2D eigenvalue weighted by molar-refractivity contribution is 5.94. The van der Waals surface area contributed by atoms with Crippen LogP contribution < -0.4 is 10.9 Å². The van der Waals surface area contributed by atoms with Gasteiger partial charge in [0.25, 0.3) is 0 Å². The predicted molar refractivity (Wildman–Crippen MR) is 83.6 cm³/mol. The van der Waals surface area contributed by atoms with Crippen molar-refractivity contribution >= 4 is 22.6 Å². The number of aliphatic hydroxyl groups excluding tert-OH is 1. The lowest BCUT2D eigenvalue weighted by molar-refractivity contribution is -0.118. The number of anilines is 1. The van der Waals surface area contributed by atoms with Crippen molar-refractivity contribution in [1.29, 1.82) is 0 Å². The smallest absolute Gasteiger partial charge is 0.344 e. The van der Waals surface area contributed by atoms with Crippen LogP contribution >= 0.6 is 0 Å². The van der Waals surface area contributed by atoms with E-state index >= 15 is 0 Å². The number of hydrogen-bond donors (Lipinski definition) is 2. The van der Waals surface area contributed by atoms with Gasteiger partial charge < -0.3 is 14.8 Å². The van der Waals surface area contributed by atoms with Crippen LogP contribution in [-0.4, -0.2) is 17.6 Å². The average molecular weight is 295 g/mol. The number of benzene rings is 2. The van der Waals surface area contributed by atoms with E-state index in [2.05, 4.69) is 5.32 Å². The zero-order valence-corrected chi connectivity index (χ0v) is 11.6. The van der Waals surface area contributed by atoms with Crippen LogP contribution in [0.2, 0.25) is 0 Å². The molecule has 2 aromatic carbocycles. The van der Waals surface area contributed by atoms with Crippen LogP contribution in [0, 0.1) is 0 Å². The number of carbonyl (C=O) groups excluding carboxylic acids is 1. The number of nitrogens with one attached hydrogen (secondary N) is 1. The molecule has 22 heavy (non-hydrogen) atoms. The first-order valence-electron chi connectivity index (χ1n) is 6.71. The molecule has 0 atom stereocenters. The fraction of sp³-hybridized carbons (Fsp3) is 0.0588. The molecule has 0 aliphatic heterocycles. The topological polar surface area (TPSA) is 79.5 Å². The molecule has 2 N–H and O–H groups in total. The molecule has 3 aromatic rings. The largest absolute Gasteiger partial charge is 0.422 e. The van der Waals surface area contributed by atoms with Crippen LogP contribution in [0.5, 0.6) is 0 Å². The normalized spacial score (nSPS) is 10.6. The van der Waals surface area contributed by atoms with E-state index in [1.54, 1.807) is 24.3 Å². The van der Waals surface area contributed by atoms with Gasteiger partial charge in [0.2, 0.25) is 5.91 Å². The molecule has 110 valence electrons. The molecule has 0 saturated heterocycles. The van der Waals surface area contributed by atoms with Crippen molar-refractivity contribution in [2.24, 2.45) is 0 Å². The van der Waals surface area contributed by atoms with Crippen molar-refractivity contribution in [3.63, 3.8) is 0 Å². The molecule has 0 aliphatic carbocycles. The summed E-state index contributed by atoms with van der Waals surface area (Å²) >= 11 is 0. The highest BCUT2D eigenvalue weighted by atomic mass is 16.4. The first kappa shape index (κ1) is 14.0. The molecule has 3 rings (SSSR count). The highest BCUT2D eigenvalue weighted by Gasteiger charge is 2.08. The van der Waals surface area contributed by atoms with Gasteiger partial charge in [-0.2, -0.15) is 0 Å². The minimum Gasteiger partial charge on any atom is -0.422 e. The third kappa shape index (κ3) is 2.75. The summed E-state index contributed by atoms with van der Waals surface area (Å²) in [6.07, 6.45) is 0. The van der Waals surface area contributed by atoms with Gasteiger partial charge in [0.15, 0.2) is 0 Å². The van der Waals surface area contributed by atoms with E-state index in [-0.39, 0.29) is 0 Å². The molecule has 0 bridgehead atoms. The monoisotopic (exact) mass is 295 g/mol. The number of carbonyl (C=O) groups is 1. The Morgan fingerprint density at radius 2 is 1.86 bits per heavy atom. The van der Waals surface area contributed by atoms with Crippen LogP contribution in [0.4, 0.5) is 5.69 Å². The molecule has 0 radical (unpaired) electrons. The Kier molecular flexibility index (Phi) is 3.72. The third-order valence-electron chi connectivity index (χ3n) is 3.25. The van der Waals surface area contributed by atoms with Gasteiger partial charge in [-0.15, -0.1) is 0 Å². The summed E-state index contributed by atoms with van der Waals surface area (Å²) in [6.45, 7) is -0.602. The second-order valence-corrected chi connectivity index (χ2v) is 4.77. The summed E-state index contributed by atoms with van der Waals surface area (Å²) in [6, 6.07) is 16.0. The van der Waals surface area contributed by atoms with Crippen LogP contribution in [0.15, 0.2) is 63.8 Å². The second kappa shape index (κ2) is 5.83. The van der Waals surface area contributed by atoms with Crippen molar-refractivity contribution < 1.29 is 14.3 Å². The minimum atomic E-state index is -0.602. The van der Waals surface area contributed by atoms with E-state index in [1.807, 2.05) is 30.3 Å². The Balaban J connectivity index is 2.07. The van der Waals surface area contributed by atoms with Crippen LogP contribution in [0.25, 0.3) is 22.1 Å². The minimum absolute atomic E-state index is 0.375. The Hall–Kier alpha value is -2.92. The lowest BCUT2D eigenvalue weighted by Gasteiger charge is -2.06. The number of hydrogen-bond acceptors (Lipinski definition) is 4. The van der Waals surface area contributed by atoms with Gasteiger partial charge in [-0.1, -0.05) is 30.3 Å². The summed E-state index contributed by atoms with van der Waals surface area (Å²) in [4.78, 5) is 23.3. The van der Waals surface area contributed by atoms with Crippen LogP contribution in [0.1, 0.15) is 0 Å². The number of aliphatic hydroxyl groups is 1.